The number of nitrogens with zero attached hydrogens (tertiary/aromatic N) is 1. The van der Waals surface area contributed by atoms with Crippen molar-refractivity contribution in [2.24, 2.45) is 29.6 Å². The molecule has 3 aliphatic carbocycles. The van der Waals surface area contributed by atoms with Crippen LogP contribution in [0.25, 0.3) is 0 Å². The maximum absolute atomic E-state index is 12.6. The second-order valence-corrected chi connectivity index (χ2v) is 8.45. The number of allylic oxidation sites excluding steroid dienone is 2. The average molecular weight is 303 g/mol. The van der Waals surface area contributed by atoms with Crippen LogP contribution >= 0.6 is 0 Å². The fourth-order valence-corrected chi connectivity index (χ4v) is 4.62. The van der Waals surface area contributed by atoms with Gasteiger partial charge >= 0.3 is 0 Å². The minimum Gasteiger partial charge on any atom is -0.340 e. The standard InChI is InChI=1S/C20H33NO/c1-13(2)21(20(22)16-6-5-7-16)12-17-11-19(17)18-9-8-14(3)10-15(18)4/h10,13,15-19H,5-9,11-12H2,1-4H3. The maximum Gasteiger partial charge on any atom is 0.225 e. The Hall–Kier alpha value is -0.790. The molecule has 124 valence electrons. The predicted octanol–water partition coefficient (Wildman–Crippen LogP) is 4.65. The topological polar surface area (TPSA) is 20.3 Å². The SMILES string of the molecule is CC1=CC(C)C(C2CC2CN(C(=O)C2CCC2)C(C)C)CC1. The van der Waals surface area contributed by atoms with Gasteiger partial charge in [-0.25, -0.2) is 0 Å². The van der Waals surface area contributed by atoms with E-state index in [-0.39, 0.29) is 0 Å². The second-order valence-electron chi connectivity index (χ2n) is 8.45. The van der Waals surface area contributed by atoms with Gasteiger partial charge in [0.25, 0.3) is 0 Å². The number of hydrogen-bond acceptors (Lipinski definition) is 1. The van der Waals surface area contributed by atoms with Gasteiger partial charge in [0.1, 0.15) is 0 Å². The number of carbonyl (C=O) groups is 1. The molecule has 2 heteroatoms. The number of rotatable bonds is 5. The van der Waals surface area contributed by atoms with E-state index in [2.05, 4.69) is 38.7 Å². The third-order valence-corrected chi connectivity index (χ3v) is 6.41. The van der Waals surface area contributed by atoms with Crippen molar-refractivity contribution in [3.8, 4) is 0 Å². The summed E-state index contributed by atoms with van der Waals surface area (Å²) in [6, 6.07) is 0.361. The minimum atomic E-state index is 0.346. The molecule has 0 heterocycles. The summed E-state index contributed by atoms with van der Waals surface area (Å²) in [5, 5.41) is 0. The van der Waals surface area contributed by atoms with Crippen LogP contribution in [0.15, 0.2) is 11.6 Å². The fraction of sp³-hybridized carbons (Fsp3) is 0.850. The van der Waals surface area contributed by atoms with E-state index in [4.69, 9.17) is 0 Å². The Morgan fingerprint density at radius 2 is 2.00 bits per heavy atom. The maximum atomic E-state index is 12.6. The van der Waals surface area contributed by atoms with E-state index in [0.717, 1.165) is 43.1 Å². The van der Waals surface area contributed by atoms with Gasteiger partial charge in [0.05, 0.1) is 0 Å². The van der Waals surface area contributed by atoms with Crippen LogP contribution in [0.4, 0.5) is 0 Å². The van der Waals surface area contributed by atoms with E-state index in [0.29, 0.717) is 17.9 Å². The predicted molar refractivity (Wildman–Crippen MR) is 91.4 cm³/mol. The zero-order chi connectivity index (χ0) is 15.9. The van der Waals surface area contributed by atoms with Crippen molar-refractivity contribution < 1.29 is 4.79 Å². The summed E-state index contributed by atoms with van der Waals surface area (Å²) >= 11 is 0. The highest BCUT2D eigenvalue weighted by atomic mass is 16.2. The molecule has 0 aromatic carbocycles. The second kappa shape index (κ2) is 6.37. The first-order valence-electron chi connectivity index (χ1n) is 9.45. The largest absolute Gasteiger partial charge is 0.340 e. The molecule has 0 aromatic rings. The highest BCUT2D eigenvalue weighted by molar-refractivity contribution is 5.79. The first-order valence-corrected chi connectivity index (χ1v) is 9.45. The van der Waals surface area contributed by atoms with Gasteiger partial charge in [0.15, 0.2) is 0 Å². The number of amides is 1. The Kier molecular flexibility index (Phi) is 4.66. The van der Waals surface area contributed by atoms with Gasteiger partial charge in [0, 0.05) is 18.5 Å². The third-order valence-electron chi connectivity index (χ3n) is 6.41. The van der Waals surface area contributed by atoms with Crippen molar-refractivity contribution in [2.45, 2.75) is 72.3 Å². The molecule has 4 unspecified atom stereocenters. The van der Waals surface area contributed by atoms with Crippen LogP contribution in [0.5, 0.6) is 0 Å². The first-order chi connectivity index (χ1) is 10.5. The molecule has 3 aliphatic rings. The molecular weight excluding hydrogens is 270 g/mol. The quantitative estimate of drug-likeness (QED) is 0.677. The molecule has 0 N–H and O–H groups in total. The van der Waals surface area contributed by atoms with Crippen LogP contribution in [0.2, 0.25) is 0 Å². The highest BCUT2D eigenvalue weighted by Gasteiger charge is 2.46. The number of hydrogen-bond donors (Lipinski definition) is 0. The molecule has 2 fully saturated rings. The molecule has 1 amide bonds. The lowest BCUT2D eigenvalue weighted by Gasteiger charge is -2.35. The molecule has 0 bridgehead atoms. The third kappa shape index (κ3) is 3.26. The van der Waals surface area contributed by atoms with Crippen molar-refractivity contribution in [1.82, 2.24) is 4.90 Å². The Labute approximate surface area is 136 Å². The normalized spacial score (nSPS) is 35.0. The van der Waals surface area contributed by atoms with E-state index >= 15 is 0 Å². The van der Waals surface area contributed by atoms with Gasteiger partial charge in [0.2, 0.25) is 5.91 Å². The zero-order valence-corrected chi connectivity index (χ0v) is 14.8. The molecule has 0 aromatic heterocycles. The van der Waals surface area contributed by atoms with Gasteiger partial charge in [-0.1, -0.05) is 25.0 Å². The van der Waals surface area contributed by atoms with Crippen LogP contribution in [0, 0.1) is 29.6 Å². The summed E-state index contributed by atoms with van der Waals surface area (Å²) in [6.45, 7) is 10.0. The van der Waals surface area contributed by atoms with E-state index in [1.807, 2.05) is 0 Å². The Morgan fingerprint density at radius 1 is 1.27 bits per heavy atom. The van der Waals surface area contributed by atoms with Crippen LogP contribution < -0.4 is 0 Å². The lowest BCUT2D eigenvalue weighted by Crippen LogP contribution is -2.44. The molecule has 2 nitrogen and oxygen atoms in total. The van der Waals surface area contributed by atoms with Gasteiger partial charge in [-0.15, -0.1) is 0 Å². The molecule has 0 aliphatic heterocycles. The summed E-state index contributed by atoms with van der Waals surface area (Å²) in [5.41, 5.74) is 1.57. The lowest BCUT2D eigenvalue weighted by atomic mass is 9.78. The molecule has 0 radical (unpaired) electrons. The van der Waals surface area contributed by atoms with Crippen LogP contribution in [-0.2, 0) is 4.79 Å². The van der Waals surface area contributed by atoms with Gasteiger partial charge in [-0.2, -0.15) is 0 Å². The van der Waals surface area contributed by atoms with E-state index in [1.165, 1.54) is 25.7 Å². The van der Waals surface area contributed by atoms with Crippen molar-refractivity contribution >= 4 is 5.91 Å². The lowest BCUT2D eigenvalue weighted by molar-refractivity contribution is -0.140. The molecule has 2 saturated carbocycles. The summed E-state index contributed by atoms with van der Waals surface area (Å²) < 4.78 is 0. The summed E-state index contributed by atoms with van der Waals surface area (Å²) in [6.07, 6.45) is 9.99. The summed E-state index contributed by atoms with van der Waals surface area (Å²) in [4.78, 5) is 14.8. The Bertz CT molecular complexity index is 449. The summed E-state index contributed by atoms with van der Waals surface area (Å²) in [5.74, 6) is 4.03. The monoisotopic (exact) mass is 303 g/mol. The van der Waals surface area contributed by atoms with E-state index < -0.39 is 0 Å². The van der Waals surface area contributed by atoms with Crippen molar-refractivity contribution in [3.05, 3.63) is 11.6 Å². The van der Waals surface area contributed by atoms with Crippen LogP contribution in [-0.4, -0.2) is 23.4 Å². The Balaban J connectivity index is 1.56. The van der Waals surface area contributed by atoms with Crippen molar-refractivity contribution in [1.29, 1.82) is 0 Å². The fourth-order valence-electron chi connectivity index (χ4n) is 4.62. The van der Waals surface area contributed by atoms with E-state index in [9.17, 15) is 4.79 Å². The minimum absolute atomic E-state index is 0.346. The van der Waals surface area contributed by atoms with Crippen molar-refractivity contribution in [3.63, 3.8) is 0 Å². The molecule has 4 atom stereocenters. The first kappa shape index (κ1) is 16.1. The number of carbonyl (C=O) groups excluding carboxylic acids is 1. The molecule has 0 spiro atoms. The highest BCUT2D eigenvalue weighted by Crippen LogP contribution is 2.51. The Morgan fingerprint density at radius 3 is 2.55 bits per heavy atom. The zero-order valence-electron chi connectivity index (χ0n) is 14.8. The van der Waals surface area contributed by atoms with Crippen molar-refractivity contribution in [2.75, 3.05) is 6.54 Å². The van der Waals surface area contributed by atoms with Gasteiger partial charge in [-0.05, 0) is 76.5 Å². The molecule has 0 saturated heterocycles. The average Bonchev–Trinajstić information content (AvgIpc) is 3.12. The van der Waals surface area contributed by atoms with Gasteiger partial charge in [-0.3, -0.25) is 4.79 Å². The molecule has 3 rings (SSSR count). The van der Waals surface area contributed by atoms with Crippen LogP contribution in [0.1, 0.15) is 66.2 Å². The van der Waals surface area contributed by atoms with Crippen LogP contribution in [0.3, 0.4) is 0 Å². The molecule has 22 heavy (non-hydrogen) atoms. The van der Waals surface area contributed by atoms with E-state index in [1.54, 1.807) is 5.57 Å². The smallest absolute Gasteiger partial charge is 0.225 e. The van der Waals surface area contributed by atoms with Gasteiger partial charge < -0.3 is 4.90 Å². The molecular formula is C20H33NO. The summed E-state index contributed by atoms with van der Waals surface area (Å²) in [7, 11) is 0.